The molecule has 1 aromatic rings. The molecular formula is C17H26N4O3. The molecule has 1 unspecified atom stereocenters. The van der Waals surface area contributed by atoms with E-state index in [0.29, 0.717) is 5.69 Å². The van der Waals surface area contributed by atoms with E-state index in [0.717, 1.165) is 45.3 Å². The Bertz CT molecular complexity index is 605. The first-order valence-corrected chi connectivity index (χ1v) is 8.69. The van der Waals surface area contributed by atoms with E-state index < -0.39 is 0 Å². The summed E-state index contributed by atoms with van der Waals surface area (Å²) in [7, 11) is 1.53. The van der Waals surface area contributed by atoms with E-state index in [-0.39, 0.29) is 29.9 Å². The van der Waals surface area contributed by atoms with E-state index in [9.17, 15) is 9.59 Å². The summed E-state index contributed by atoms with van der Waals surface area (Å²) in [4.78, 5) is 26.2. The highest BCUT2D eigenvalue weighted by Gasteiger charge is 2.49. The van der Waals surface area contributed by atoms with Gasteiger partial charge in [0.2, 0.25) is 5.91 Å². The van der Waals surface area contributed by atoms with Gasteiger partial charge in [-0.2, -0.15) is 5.10 Å². The van der Waals surface area contributed by atoms with Crippen LogP contribution in [0.3, 0.4) is 0 Å². The Hall–Kier alpha value is -1.89. The number of hydrogen-bond donors (Lipinski definition) is 1. The van der Waals surface area contributed by atoms with Gasteiger partial charge in [0.25, 0.3) is 5.91 Å². The maximum atomic E-state index is 12.6. The standard InChI is InChI=1S/C17H26N4O3/c1-3-21-9-5-13(19-21)16(23)20-10-7-17(8-11-20)6-4-14(17)18-15(22)12-24-2/h5,9,14H,3-4,6-8,10-12H2,1-2H3,(H,18,22). The lowest BCUT2D eigenvalue weighted by molar-refractivity contribution is -0.129. The van der Waals surface area contributed by atoms with Crippen molar-refractivity contribution in [1.29, 1.82) is 0 Å². The number of rotatable bonds is 5. The molecule has 2 fully saturated rings. The third-order valence-corrected chi connectivity index (χ3v) is 5.51. The number of carbonyl (C=O) groups is 2. The molecule has 2 heterocycles. The second-order valence-electron chi connectivity index (χ2n) is 6.80. The summed E-state index contributed by atoms with van der Waals surface area (Å²) in [6, 6.07) is 2.00. The van der Waals surface area contributed by atoms with Gasteiger partial charge in [0.15, 0.2) is 0 Å². The zero-order chi connectivity index (χ0) is 17.2. The minimum atomic E-state index is -0.0508. The molecule has 0 aromatic carbocycles. The van der Waals surface area contributed by atoms with E-state index in [1.165, 1.54) is 7.11 Å². The van der Waals surface area contributed by atoms with Crippen molar-refractivity contribution >= 4 is 11.8 Å². The molecule has 1 N–H and O–H groups in total. The molecule has 7 nitrogen and oxygen atoms in total. The lowest BCUT2D eigenvalue weighted by Crippen LogP contribution is -2.60. The SMILES string of the molecule is CCn1ccc(C(=O)N2CCC3(CCC3NC(=O)COC)CC2)n1. The molecule has 1 saturated carbocycles. The van der Waals surface area contributed by atoms with Crippen LogP contribution in [0.15, 0.2) is 12.3 Å². The molecule has 1 aromatic heterocycles. The zero-order valence-electron chi connectivity index (χ0n) is 14.5. The molecule has 3 rings (SSSR count). The van der Waals surface area contributed by atoms with Gasteiger partial charge in [-0.3, -0.25) is 14.3 Å². The summed E-state index contributed by atoms with van der Waals surface area (Å²) < 4.78 is 6.65. The number of amides is 2. The molecule has 0 radical (unpaired) electrons. The maximum absolute atomic E-state index is 12.6. The zero-order valence-corrected chi connectivity index (χ0v) is 14.5. The number of aromatic nitrogens is 2. The van der Waals surface area contributed by atoms with Gasteiger partial charge in [0, 0.05) is 39.0 Å². The van der Waals surface area contributed by atoms with Crippen molar-refractivity contribution in [2.75, 3.05) is 26.8 Å². The highest BCUT2D eigenvalue weighted by atomic mass is 16.5. The average molecular weight is 334 g/mol. The smallest absolute Gasteiger partial charge is 0.274 e. The molecule has 2 amide bonds. The molecule has 2 aliphatic rings. The van der Waals surface area contributed by atoms with Crippen LogP contribution in [0.1, 0.15) is 43.1 Å². The Morgan fingerprint density at radius 2 is 2.12 bits per heavy atom. The number of nitrogens with one attached hydrogen (secondary N) is 1. The molecule has 1 saturated heterocycles. The second-order valence-corrected chi connectivity index (χ2v) is 6.80. The lowest BCUT2D eigenvalue weighted by Gasteiger charge is -2.54. The summed E-state index contributed by atoms with van der Waals surface area (Å²) in [5.41, 5.74) is 0.675. The Morgan fingerprint density at radius 1 is 1.38 bits per heavy atom. The third-order valence-electron chi connectivity index (χ3n) is 5.51. The normalized spacial score (nSPS) is 22.2. The fourth-order valence-corrected chi connectivity index (χ4v) is 3.86. The number of nitrogens with zero attached hydrogens (tertiary/aromatic N) is 3. The van der Waals surface area contributed by atoms with Gasteiger partial charge in [-0.1, -0.05) is 0 Å². The van der Waals surface area contributed by atoms with Crippen LogP contribution in [-0.4, -0.2) is 59.3 Å². The molecule has 1 aliphatic carbocycles. The van der Waals surface area contributed by atoms with Gasteiger partial charge in [0.1, 0.15) is 12.3 Å². The largest absolute Gasteiger partial charge is 0.375 e. The fraction of sp³-hybridized carbons (Fsp3) is 0.706. The van der Waals surface area contributed by atoms with Crippen LogP contribution >= 0.6 is 0 Å². The summed E-state index contributed by atoms with van der Waals surface area (Å²) in [5.74, 6) is -0.0403. The first kappa shape index (κ1) is 17.0. The van der Waals surface area contributed by atoms with Crippen molar-refractivity contribution in [1.82, 2.24) is 20.0 Å². The summed E-state index contributed by atoms with van der Waals surface area (Å²) in [6.07, 6.45) is 5.85. The van der Waals surface area contributed by atoms with Crippen LogP contribution in [0.4, 0.5) is 0 Å². The van der Waals surface area contributed by atoms with Crippen LogP contribution in [-0.2, 0) is 16.1 Å². The maximum Gasteiger partial charge on any atom is 0.274 e. The van der Waals surface area contributed by atoms with Gasteiger partial charge >= 0.3 is 0 Å². The first-order chi connectivity index (χ1) is 11.6. The highest BCUT2D eigenvalue weighted by molar-refractivity contribution is 5.92. The number of carbonyl (C=O) groups excluding carboxylic acids is 2. The van der Waals surface area contributed by atoms with Crippen LogP contribution in [0, 0.1) is 5.41 Å². The quantitative estimate of drug-likeness (QED) is 0.873. The minimum absolute atomic E-state index is 0.0105. The van der Waals surface area contributed by atoms with Crippen molar-refractivity contribution in [2.24, 2.45) is 5.41 Å². The topological polar surface area (TPSA) is 76.5 Å². The third kappa shape index (κ3) is 3.17. The van der Waals surface area contributed by atoms with E-state index >= 15 is 0 Å². The Morgan fingerprint density at radius 3 is 2.67 bits per heavy atom. The van der Waals surface area contributed by atoms with Crippen molar-refractivity contribution in [3.05, 3.63) is 18.0 Å². The highest BCUT2D eigenvalue weighted by Crippen LogP contribution is 2.49. The van der Waals surface area contributed by atoms with E-state index in [1.54, 1.807) is 10.7 Å². The number of likely N-dealkylation sites (tertiary alicyclic amines) is 1. The summed E-state index contributed by atoms with van der Waals surface area (Å²) in [6.45, 7) is 4.33. The molecule has 7 heteroatoms. The number of ether oxygens (including phenoxy) is 1. The molecule has 1 spiro atoms. The monoisotopic (exact) mass is 334 g/mol. The fourth-order valence-electron chi connectivity index (χ4n) is 3.86. The van der Waals surface area contributed by atoms with Gasteiger partial charge in [0.05, 0.1) is 0 Å². The minimum Gasteiger partial charge on any atom is -0.375 e. The molecule has 0 bridgehead atoms. The van der Waals surface area contributed by atoms with Crippen LogP contribution in [0.25, 0.3) is 0 Å². The molecule has 1 atom stereocenters. The van der Waals surface area contributed by atoms with Crippen molar-refractivity contribution in [2.45, 2.75) is 45.2 Å². The van der Waals surface area contributed by atoms with E-state index in [2.05, 4.69) is 10.4 Å². The van der Waals surface area contributed by atoms with Gasteiger partial charge in [-0.05, 0) is 44.1 Å². The average Bonchev–Trinajstić information content (AvgIpc) is 3.08. The Kier molecular flexibility index (Phi) is 4.89. The Labute approximate surface area is 142 Å². The Balaban J connectivity index is 1.55. The molecule has 1 aliphatic heterocycles. The van der Waals surface area contributed by atoms with Gasteiger partial charge in [-0.25, -0.2) is 0 Å². The number of methoxy groups -OCH3 is 1. The number of hydrogen-bond acceptors (Lipinski definition) is 4. The van der Waals surface area contributed by atoms with Gasteiger partial charge < -0.3 is 15.0 Å². The van der Waals surface area contributed by atoms with E-state index in [1.807, 2.05) is 18.0 Å². The predicted molar refractivity (Wildman–Crippen MR) is 88.5 cm³/mol. The van der Waals surface area contributed by atoms with Crippen LogP contribution in [0.2, 0.25) is 0 Å². The van der Waals surface area contributed by atoms with E-state index in [4.69, 9.17) is 4.74 Å². The van der Waals surface area contributed by atoms with Gasteiger partial charge in [-0.15, -0.1) is 0 Å². The second kappa shape index (κ2) is 6.93. The number of piperidine rings is 1. The molecular weight excluding hydrogens is 308 g/mol. The lowest BCUT2D eigenvalue weighted by atomic mass is 9.59. The van der Waals surface area contributed by atoms with Crippen LogP contribution < -0.4 is 5.32 Å². The molecule has 24 heavy (non-hydrogen) atoms. The van der Waals surface area contributed by atoms with Crippen molar-refractivity contribution < 1.29 is 14.3 Å². The summed E-state index contributed by atoms with van der Waals surface area (Å²) >= 11 is 0. The summed E-state index contributed by atoms with van der Waals surface area (Å²) in [5, 5.41) is 7.39. The molecule has 132 valence electrons. The van der Waals surface area contributed by atoms with Crippen molar-refractivity contribution in [3.8, 4) is 0 Å². The van der Waals surface area contributed by atoms with Crippen LogP contribution in [0.5, 0.6) is 0 Å². The first-order valence-electron chi connectivity index (χ1n) is 8.69. The van der Waals surface area contributed by atoms with Crippen molar-refractivity contribution in [3.63, 3.8) is 0 Å². The number of aryl methyl sites for hydroxylation is 1. The predicted octanol–water partition coefficient (Wildman–Crippen LogP) is 1.05.